The maximum atomic E-state index is 10.6. The Morgan fingerprint density at radius 2 is 1.89 bits per heavy atom. The molecule has 0 aliphatic carbocycles. The molecule has 0 atom stereocenters. The lowest BCUT2D eigenvalue weighted by Crippen LogP contribution is -2.04. The van der Waals surface area contributed by atoms with Gasteiger partial charge in [0.05, 0.1) is 20.0 Å². The molecule has 5 nitrogen and oxygen atoms in total. The van der Waals surface area contributed by atoms with Gasteiger partial charge in [-0.25, -0.2) is 0 Å². The minimum absolute atomic E-state index is 0.209. The van der Waals surface area contributed by atoms with Crippen LogP contribution >= 0.6 is 0 Å². The molecule has 1 N–H and O–H groups in total. The minimum atomic E-state index is -3.86. The van der Waals surface area contributed by atoms with Gasteiger partial charge in [0.2, 0.25) is 0 Å². The van der Waals surface area contributed by atoms with Gasteiger partial charge >= 0.3 is 0 Å². The molecule has 0 radical (unpaired) electrons. The summed E-state index contributed by atoms with van der Waals surface area (Å²) in [5.74, 6) is 1.12. The Balaban J connectivity index is 2.62. The number of rotatable bonds is 7. The van der Waals surface area contributed by atoms with Gasteiger partial charge in [-0.05, 0) is 30.9 Å². The topological polar surface area (TPSA) is 72.8 Å². The molecule has 102 valence electrons. The Labute approximate surface area is 107 Å². The van der Waals surface area contributed by atoms with Crippen LogP contribution in [0.3, 0.4) is 0 Å². The van der Waals surface area contributed by atoms with E-state index in [1.807, 2.05) is 12.1 Å². The molecule has 0 unspecified atom stereocenters. The minimum Gasteiger partial charge on any atom is -0.493 e. The van der Waals surface area contributed by atoms with Crippen molar-refractivity contribution in [3.8, 4) is 11.5 Å². The molecule has 18 heavy (non-hydrogen) atoms. The number of para-hydroxylation sites is 1. The van der Waals surface area contributed by atoms with Crippen molar-refractivity contribution in [1.82, 2.24) is 0 Å². The molecule has 0 amide bonds. The first kappa shape index (κ1) is 14.8. The number of benzene rings is 1. The van der Waals surface area contributed by atoms with Crippen molar-refractivity contribution in [2.45, 2.75) is 19.3 Å². The quantitative estimate of drug-likeness (QED) is 0.607. The zero-order valence-electron chi connectivity index (χ0n) is 10.5. The van der Waals surface area contributed by atoms with Gasteiger partial charge in [0, 0.05) is 0 Å². The highest BCUT2D eigenvalue weighted by molar-refractivity contribution is 7.85. The third-order valence-electron chi connectivity index (χ3n) is 2.58. The van der Waals surface area contributed by atoms with E-state index in [9.17, 15) is 8.42 Å². The predicted octanol–water partition coefficient (Wildman–Crippen LogP) is 1.91. The van der Waals surface area contributed by atoms with Gasteiger partial charge in [-0.15, -0.1) is 0 Å². The van der Waals surface area contributed by atoms with E-state index in [0.717, 1.165) is 5.56 Å². The molecule has 0 heterocycles. The Hall–Kier alpha value is -1.27. The first-order valence-electron chi connectivity index (χ1n) is 5.63. The zero-order valence-corrected chi connectivity index (χ0v) is 11.4. The molecule has 0 saturated carbocycles. The van der Waals surface area contributed by atoms with Crippen molar-refractivity contribution >= 4 is 10.1 Å². The normalized spacial score (nSPS) is 11.3. The summed E-state index contributed by atoms with van der Waals surface area (Å²) >= 11 is 0. The molecule has 0 fully saturated rings. The molecule has 1 rings (SSSR count). The second-order valence-corrected chi connectivity index (χ2v) is 5.47. The van der Waals surface area contributed by atoms with Gasteiger partial charge in [0.25, 0.3) is 10.1 Å². The number of ether oxygens (including phenoxy) is 2. The first-order chi connectivity index (χ1) is 8.48. The van der Waals surface area contributed by atoms with Gasteiger partial charge in [-0.3, -0.25) is 4.55 Å². The van der Waals surface area contributed by atoms with E-state index in [1.165, 1.54) is 0 Å². The molecular weight excluding hydrogens is 256 g/mol. The number of hydrogen-bond donors (Lipinski definition) is 1. The van der Waals surface area contributed by atoms with E-state index >= 15 is 0 Å². The number of methoxy groups -OCH3 is 2. The summed E-state index contributed by atoms with van der Waals surface area (Å²) in [4.78, 5) is 0. The Morgan fingerprint density at radius 3 is 2.44 bits per heavy atom. The lowest BCUT2D eigenvalue weighted by Gasteiger charge is -2.12. The monoisotopic (exact) mass is 274 g/mol. The highest BCUT2D eigenvalue weighted by Gasteiger charge is 2.10. The molecular formula is C12H18O5S. The maximum Gasteiger partial charge on any atom is 0.264 e. The van der Waals surface area contributed by atoms with E-state index in [2.05, 4.69) is 0 Å². The predicted molar refractivity (Wildman–Crippen MR) is 68.9 cm³/mol. The fraction of sp³-hybridized carbons (Fsp3) is 0.500. The lowest BCUT2D eigenvalue weighted by molar-refractivity contribution is 0.351. The molecule has 0 bridgehead atoms. The summed E-state index contributed by atoms with van der Waals surface area (Å²) in [5.41, 5.74) is 0.965. The van der Waals surface area contributed by atoms with E-state index < -0.39 is 10.1 Å². The van der Waals surface area contributed by atoms with Gasteiger partial charge < -0.3 is 9.47 Å². The third-order valence-corrected chi connectivity index (χ3v) is 3.39. The van der Waals surface area contributed by atoms with E-state index in [0.29, 0.717) is 30.8 Å². The average molecular weight is 274 g/mol. The summed E-state index contributed by atoms with van der Waals surface area (Å²) in [5, 5.41) is 0. The SMILES string of the molecule is COc1cccc(CCCCS(=O)(=O)O)c1OC. The van der Waals surface area contributed by atoms with Crippen molar-refractivity contribution in [3.05, 3.63) is 23.8 Å². The second-order valence-electron chi connectivity index (χ2n) is 3.90. The molecule has 0 spiro atoms. The Bertz CT molecular complexity index is 481. The largest absolute Gasteiger partial charge is 0.493 e. The van der Waals surface area contributed by atoms with Crippen molar-refractivity contribution < 1.29 is 22.4 Å². The van der Waals surface area contributed by atoms with Crippen LogP contribution in [0.15, 0.2) is 18.2 Å². The van der Waals surface area contributed by atoms with Gasteiger partial charge in [0.15, 0.2) is 11.5 Å². The molecule has 1 aromatic carbocycles. The molecule has 0 aliphatic heterocycles. The molecule has 0 aliphatic rings. The maximum absolute atomic E-state index is 10.6. The summed E-state index contributed by atoms with van der Waals surface area (Å²) in [6.45, 7) is 0. The van der Waals surface area contributed by atoms with Gasteiger partial charge in [-0.2, -0.15) is 8.42 Å². The van der Waals surface area contributed by atoms with Crippen molar-refractivity contribution in [3.63, 3.8) is 0 Å². The van der Waals surface area contributed by atoms with Crippen LogP contribution < -0.4 is 9.47 Å². The van der Waals surface area contributed by atoms with E-state index in [4.69, 9.17) is 14.0 Å². The van der Waals surface area contributed by atoms with Crippen molar-refractivity contribution in [2.24, 2.45) is 0 Å². The Kier molecular flexibility index (Phi) is 5.43. The van der Waals surface area contributed by atoms with Crippen LogP contribution in [0.2, 0.25) is 0 Å². The van der Waals surface area contributed by atoms with Gasteiger partial charge in [0.1, 0.15) is 0 Å². The Morgan fingerprint density at radius 1 is 1.17 bits per heavy atom. The number of hydrogen-bond acceptors (Lipinski definition) is 4. The molecule has 1 aromatic rings. The van der Waals surface area contributed by atoms with Crippen LogP contribution in [0.25, 0.3) is 0 Å². The van der Waals surface area contributed by atoms with Crippen LogP contribution in [-0.2, 0) is 16.5 Å². The fourth-order valence-corrected chi connectivity index (χ4v) is 2.32. The summed E-state index contributed by atoms with van der Waals surface area (Å²) in [6, 6.07) is 5.58. The molecule has 6 heteroatoms. The van der Waals surface area contributed by atoms with Crippen LogP contribution in [0, 0.1) is 0 Å². The van der Waals surface area contributed by atoms with Crippen LogP contribution in [0.1, 0.15) is 18.4 Å². The van der Waals surface area contributed by atoms with Crippen molar-refractivity contribution in [2.75, 3.05) is 20.0 Å². The molecule has 0 saturated heterocycles. The van der Waals surface area contributed by atoms with Crippen LogP contribution in [0.4, 0.5) is 0 Å². The highest BCUT2D eigenvalue weighted by Crippen LogP contribution is 2.31. The lowest BCUT2D eigenvalue weighted by atomic mass is 10.1. The molecule has 0 aromatic heterocycles. The summed E-state index contributed by atoms with van der Waals surface area (Å²) < 4.78 is 40.2. The summed E-state index contributed by atoms with van der Waals surface area (Å²) in [7, 11) is -0.725. The van der Waals surface area contributed by atoms with E-state index in [1.54, 1.807) is 20.3 Å². The highest BCUT2D eigenvalue weighted by atomic mass is 32.2. The van der Waals surface area contributed by atoms with Crippen LogP contribution in [-0.4, -0.2) is 32.9 Å². The standard InChI is InChI=1S/C12H18O5S/c1-16-11-8-5-7-10(12(11)17-2)6-3-4-9-18(13,14)15/h5,7-8H,3-4,6,9H2,1-2H3,(H,13,14,15). The third kappa shape index (κ3) is 4.54. The number of unbranched alkanes of at least 4 members (excludes halogenated alkanes) is 1. The second kappa shape index (κ2) is 6.61. The number of aryl methyl sites for hydroxylation is 1. The summed E-state index contributed by atoms with van der Waals surface area (Å²) in [6.07, 6.45) is 1.75. The average Bonchev–Trinajstić information content (AvgIpc) is 2.32. The first-order valence-corrected chi connectivity index (χ1v) is 7.24. The zero-order chi connectivity index (χ0) is 13.6. The van der Waals surface area contributed by atoms with Crippen molar-refractivity contribution in [1.29, 1.82) is 0 Å². The van der Waals surface area contributed by atoms with Gasteiger partial charge in [-0.1, -0.05) is 12.1 Å². The van der Waals surface area contributed by atoms with Crippen LogP contribution in [0.5, 0.6) is 11.5 Å². The fourth-order valence-electron chi connectivity index (χ4n) is 1.75. The van der Waals surface area contributed by atoms with E-state index in [-0.39, 0.29) is 5.75 Å². The smallest absolute Gasteiger partial charge is 0.264 e.